The molecule has 10 heteroatoms. The molecule has 2 bridgehead atoms. The van der Waals surface area contributed by atoms with Crippen LogP contribution in [0.2, 0.25) is 0 Å². The molecule has 2 aliphatic heterocycles. The number of nitrogens with zero attached hydrogens (tertiary/aromatic N) is 8. The number of anilines is 1. The lowest BCUT2D eigenvalue weighted by atomic mass is 9.84. The van der Waals surface area contributed by atoms with Crippen molar-refractivity contribution in [2.45, 2.75) is 56.9 Å². The molecule has 1 N–H and O–H groups in total. The fourth-order valence-electron chi connectivity index (χ4n) is 5.10. The lowest BCUT2D eigenvalue weighted by molar-refractivity contribution is 0.00185. The number of aromatic hydroxyl groups is 1. The van der Waals surface area contributed by atoms with E-state index < -0.39 is 11.7 Å². The van der Waals surface area contributed by atoms with E-state index in [0.717, 1.165) is 19.3 Å². The third-order valence-corrected chi connectivity index (χ3v) is 7.29. The highest BCUT2D eigenvalue weighted by atomic mass is 19.1. The summed E-state index contributed by atoms with van der Waals surface area (Å²) in [5, 5.41) is 31.1. The van der Waals surface area contributed by atoms with Crippen LogP contribution in [0.5, 0.6) is 5.75 Å². The van der Waals surface area contributed by atoms with Gasteiger partial charge >= 0.3 is 0 Å². The van der Waals surface area contributed by atoms with Crippen LogP contribution in [0, 0.1) is 6.92 Å². The molecule has 5 rings (SSSR count). The van der Waals surface area contributed by atoms with Gasteiger partial charge < -0.3 is 10.0 Å². The van der Waals surface area contributed by atoms with E-state index >= 15 is 4.39 Å². The molecule has 2 aliphatic rings. The van der Waals surface area contributed by atoms with Crippen molar-refractivity contribution < 1.29 is 9.50 Å². The second-order valence-electron chi connectivity index (χ2n) is 9.08. The number of aromatic nitrogens is 6. The molecule has 0 unspecified atom stereocenters. The van der Waals surface area contributed by atoms with Crippen molar-refractivity contribution in [3.63, 3.8) is 0 Å². The molecule has 2 aromatic heterocycles. The number of benzene rings is 1. The summed E-state index contributed by atoms with van der Waals surface area (Å²) in [5.74, 6) is 1.20. The summed E-state index contributed by atoms with van der Waals surface area (Å²) in [4.78, 5) is 5.47. The highest BCUT2D eigenvalue weighted by Gasteiger charge is 2.55. The normalized spacial score (nSPS) is 27.6. The Morgan fingerprint density at radius 1 is 1.19 bits per heavy atom. The molecule has 32 heavy (non-hydrogen) atoms. The number of hydrogen-bond acceptors (Lipinski definition) is 8. The van der Waals surface area contributed by atoms with Crippen LogP contribution in [-0.2, 0) is 0 Å². The standard InChI is InChI=1S/C22H27FN8O/c1-13-24-28-31(27-13)15-5-6-16(19(32)12-15)17-7-8-20(26-25-17)29(3)18-11-14-9-10-22(2,21(18)23)30(14)4/h5-8,12,14,18,21,32H,9-11H2,1-4H3/t14-,18-,21+,22+/m1/s1. The maximum atomic E-state index is 15.5. The maximum Gasteiger partial charge on any atom is 0.172 e. The van der Waals surface area contributed by atoms with Crippen molar-refractivity contribution in [3.8, 4) is 22.7 Å². The summed E-state index contributed by atoms with van der Waals surface area (Å²) in [5.41, 5.74) is 1.23. The highest BCUT2D eigenvalue weighted by Crippen LogP contribution is 2.46. The van der Waals surface area contributed by atoms with Crippen molar-refractivity contribution in [3.05, 3.63) is 36.2 Å². The van der Waals surface area contributed by atoms with E-state index in [9.17, 15) is 5.11 Å². The van der Waals surface area contributed by atoms with Gasteiger partial charge in [0.25, 0.3) is 0 Å². The Morgan fingerprint density at radius 2 is 2.00 bits per heavy atom. The zero-order valence-corrected chi connectivity index (χ0v) is 18.6. The van der Waals surface area contributed by atoms with Crippen molar-refractivity contribution >= 4 is 5.82 Å². The molecule has 0 amide bonds. The first-order chi connectivity index (χ1) is 15.3. The molecule has 4 atom stereocenters. The number of fused-ring (bicyclic) bond motifs is 2. The molecule has 4 heterocycles. The number of aryl methyl sites for hydroxylation is 1. The van der Waals surface area contributed by atoms with Crippen LogP contribution < -0.4 is 4.90 Å². The maximum absolute atomic E-state index is 15.5. The van der Waals surface area contributed by atoms with Gasteiger partial charge in [-0.3, -0.25) is 4.90 Å². The monoisotopic (exact) mass is 438 g/mol. The van der Waals surface area contributed by atoms with Gasteiger partial charge in [-0.1, -0.05) is 0 Å². The largest absolute Gasteiger partial charge is 0.507 e. The van der Waals surface area contributed by atoms with Crippen LogP contribution in [0.3, 0.4) is 0 Å². The molecule has 2 saturated heterocycles. The first-order valence-electron chi connectivity index (χ1n) is 10.8. The number of tetrazole rings is 1. The van der Waals surface area contributed by atoms with Gasteiger partial charge in [-0.2, -0.15) is 0 Å². The summed E-state index contributed by atoms with van der Waals surface area (Å²) in [6.45, 7) is 3.77. The lowest BCUT2D eigenvalue weighted by Gasteiger charge is -2.49. The first-order valence-corrected chi connectivity index (χ1v) is 10.8. The van der Waals surface area contributed by atoms with Gasteiger partial charge in [-0.15, -0.1) is 25.2 Å². The average Bonchev–Trinajstić information content (AvgIpc) is 3.31. The fourth-order valence-corrected chi connectivity index (χ4v) is 5.10. The molecule has 0 radical (unpaired) electrons. The Balaban J connectivity index is 1.36. The van der Waals surface area contributed by atoms with E-state index in [1.807, 2.05) is 32.0 Å². The molecule has 0 saturated carbocycles. The third kappa shape index (κ3) is 3.21. The topological polar surface area (TPSA) is 96.1 Å². The molecule has 3 aromatic rings. The van der Waals surface area contributed by atoms with Gasteiger partial charge in [0.05, 0.1) is 23.0 Å². The predicted octanol–water partition coefficient (Wildman–Crippen LogP) is 2.53. The summed E-state index contributed by atoms with van der Waals surface area (Å²) in [7, 11) is 3.92. The van der Waals surface area contributed by atoms with Crippen LogP contribution in [0.15, 0.2) is 30.3 Å². The second-order valence-corrected chi connectivity index (χ2v) is 9.08. The third-order valence-electron chi connectivity index (χ3n) is 7.29. The minimum Gasteiger partial charge on any atom is -0.507 e. The molecular formula is C22H27FN8O. The number of hydrogen-bond donors (Lipinski definition) is 1. The number of alkyl halides is 1. The Bertz CT molecular complexity index is 1140. The van der Waals surface area contributed by atoms with Crippen molar-refractivity contribution in [1.29, 1.82) is 0 Å². The Labute approximate surface area is 185 Å². The lowest BCUT2D eigenvalue weighted by Crippen LogP contribution is -2.62. The number of halogens is 1. The van der Waals surface area contributed by atoms with Crippen molar-refractivity contribution in [1.82, 2.24) is 35.3 Å². The van der Waals surface area contributed by atoms with Crippen LogP contribution in [0.4, 0.5) is 10.2 Å². The summed E-state index contributed by atoms with van der Waals surface area (Å²) >= 11 is 0. The molecule has 9 nitrogen and oxygen atoms in total. The minimum absolute atomic E-state index is 0.0384. The van der Waals surface area contributed by atoms with Crippen LogP contribution in [0.1, 0.15) is 32.0 Å². The molecule has 2 fully saturated rings. The van der Waals surface area contributed by atoms with Gasteiger partial charge in [0, 0.05) is 24.7 Å². The van der Waals surface area contributed by atoms with E-state index in [4.69, 9.17) is 0 Å². The van der Waals surface area contributed by atoms with Gasteiger partial charge in [-0.05, 0) is 69.6 Å². The molecule has 0 aliphatic carbocycles. The number of phenols is 1. The Morgan fingerprint density at radius 3 is 2.66 bits per heavy atom. The SMILES string of the molecule is Cc1nnn(-c2ccc(-c3ccc(N(C)[C@@H]4C[C@H]5CC[C@@](C)([C@H]4F)N5C)nn3)c(O)c2)n1. The summed E-state index contributed by atoms with van der Waals surface area (Å²) < 4.78 is 15.5. The number of phenolic OH excluding ortho intramolecular Hbond substituents is 1. The first kappa shape index (κ1) is 20.7. The molecule has 1 aromatic carbocycles. The molecule has 168 valence electrons. The number of piperidine rings is 1. The van der Waals surface area contributed by atoms with E-state index in [-0.39, 0.29) is 11.8 Å². The number of rotatable bonds is 4. The van der Waals surface area contributed by atoms with Crippen LogP contribution in [-0.4, -0.2) is 78.3 Å². The zero-order valence-electron chi connectivity index (χ0n) is 18.6. The van der Waals surface area contributed by atoms with E-state index in [1.54, 1.807) is 31.2 Å². The second kappa shape index (κ2) is 7.47. The van der Waals surface area contributed by atoms with Crippen LogP contribution in [0.25, 0.3) is 16.9 Å². The van der Waals surface area contributed by atoms with Gasteiger partial charge in [-0.25, -0.2) is 4.39 Å². The van der Waals surface area contributed by atoms with Gasteiger partial charge in [0.2, 0.25) is 0 Å². The van der Waals surface area contributed by atoms with Gasteiger partial charge in [0.15, 0.2) is 11.6 Å². The van der Waals surface area contributed by atoms with Gasteiger partial charge in [0.1, 0.15) is 11.9 Å². The van der Waals surface area contributed by atoms with E-state index in [1.165, 1.54) is 4.80 Å². The Hall–Kier alpha value is -3.14. The highest BCUT2D eigenvalue weighted by molar-refractivity contribution is 5.68. The van der Waals surface area contributed by atoms with E-state index in [0.29, 0.717) is 34.6 Å². The fraction of sp³-hybridized carbons (Fsp3) is 0.500. The van der Waals surface area contributed by atoms with E-state index in [2.05, 4.69) is 30.5 Å². The van der Waals surface area contributed by atoms with Crippen LogP contribution >= 0.6 is 0 Å². The average molecular weight is 439 g/mol. The van der Waals surface area contributed by atoms with Crippen molar-refractivity contribution in [2.75, 3.05) is 19.0 Å². The zero-order chi connectivity index (χ0) is 22.6. The smallest absolute Gasteiger partial charge is 0.172 e. The summed E-state index contributed by atoms with van der Waals surface area (Å²) in [6, 6.07) is 8.85. The molecular weight excluding hydrogens is 411 g/mol. The van der Waals surface area contributed by atoms with Crippen molar-refractivity contribution in [2.24, 2.45) is 0 Å². The summed E-state index contributed by atoms with van der Waals surface area (Å²) in [6.07, 6.45) is 1.71. The Kier molecular flexibility index (Phi) is 4.85. The molecule has 0 spiro atoms. The minimum atomic E-state index is -0.969. The predicted molar refractivity (Wildman–Crippen MR) is 117 cm³/mol. The quantitative estimate of drug-likeness (QED) is 0.664.